The lowest BCUT2D eigenvalue weighted by Gasteiger charge is -2.30. The van der Waals surface area contributed by atoms with E-state index in [-0.39, 0.29) is 17.7 Å². The maximum absolute atomic E-state index is 13.9. The van der Waals surface area contributed by atoms with Crippen molar-refractivity contribution in [1.82, 2.24) is 5.32 Å². The van der Waals surface area contributed by atoms with E-state index in [1.54, 1.807) is 14.0 Å². The first-order chi connectivity index (χ1) is 8.44. The SMILES string of the molecule is COCCNC(C)(CO)c1cc(F)c(C)cc1F. The van der Waals surface area contributed by atoms with Gasteiger partial charge in [0, 0.05) is 19.2 Å². The summed E-state index contributed by atoms with van der Waals surface area (Å²) in [5.41, 5.74) is -0.672. The van der Waals surface area contributed by atoms with Crippen LogP contribution in [0.4, 0.5) is 8.78 Å². The van der Waals surface area contributed by atoms with Crippen LogP contribution in [0.5, 0.6) is 0 Å². The molecule has 1 atom stereocenters. The number of hydrogen-bond donors (Lipinski definition) is 2. The minimum atomic E-state index is -1.03. The van der Waals surface area contributed by atoms with Crippen molar-refractivity contribution < 1.29 is 18.6 Å². The van der Waals surface area contributed by atoms with E-state index >= 15 is 0 Å². The lowest BCUT2D eigenvalue weighted by atomic mass is 9.91. The first kappa shape index (κ1) is 15.0. The zero-order valence-electron chi connectivity index (χ0n) is 10.9. The Morgan fingerprint density at radius 1 is 1.33 bits per heavy atom. The van der Waals surface area contributed by atoms with Gasteiger partial charge in [-0.15, -0.1) is 0 Å². The molecule has 2 N–H and O–H groups in total. The number of nitrogens with one attached hydrogen (secondary N) is 1. The van der Waals surface area contributed by atoms with Gasteiger partial charge >= 0.3 is 0 Å². The number of benzene rings is 1. The minimum Gasteiger partial charge on any atom is -0.394 e. The summed E-state index contributed by atoms with van der Waals surface area (Å²) in [4.78, 5) is 0. The number of methoxy groups -OCH3 is 1. The van der Waals surface area contributed by atoms with Gasteiger partial charge in [-0.1, -0.05) is 0 Å². The maximum Gasteiger partial charge on any atom is 0.128 e. The molecule has 0 bridgehead atoms. The molecule has 0 aliphatic rings. The van der Waals surface area contributed by atoms with E-state index < -0.39 is 17.2 Å². The van der Waals surface area contributed by atoms with Crippen LogP contribution in [0, 0.1) is 18.6 Å². The van der Waals surface area contributed by atoms with Crippen molar-refractivity contribution in [1.29, 1.82) is 0 Å². The third-order valence-corrected chi connectivity index (χ3v) is 2.98. The minimum absolute atomic E-state index is 0.115. The van der Waals surface area contributed by atoms with Gasteiger partial charge in [-0.3, -0.25) is 0 Å². The second-order valence-corrected chi connectivity index (χ2v) is 4.49. The van der Waals surface area contributed by atoms with Crippen LogP contribution in [0.15, 0.2) is 12.1 Å². The van der Waals surface area contributed by atoms with Crippen LogP contribution < -0.4 is 5.32 Å². The molecule has 0 spiro atoms. The highest BCUT2D eigenvalue weighted by Crippen LogP contribution is 2.25. The van der Waals surface area contributed by atoms with Gasteiger partial charge in [0.1, 0.15) is 11.6 Å². The van der Waals surface area contributed by atoms with Gasteiger partial charge in [0.15, 0.2) is 0 Å². The second-order valence-electron chi connectivity index (χ2n) is 4.49. The molecular weight excluding hydrogens is 240 g/mol. The van der Waals surface area contributed by atoms with Crippen molar-refractivity contribution in [3.05, 3.63) is 34.9 Å². The fourth-order valence-corrected chi connectivity index (χ4v) is 1.73. The summed E-state index contributed by atoms with van der Waals surface area (Å²) in [6.45, 7) is 3.64. The van der Waals surface area contributed by atoms with E-state index in [4.69, 9.17) is 4.74 Å². The lowest BCUT2D eigenvalue weighted by Crippen LogP contribution is -2.45. The summed E-state index contributed by atoms with van der Waals surface area (Å²) in [5, 5.41) is 12.4. The zero-order chi connectivity index (χ0) is 13.8. The fraction of sp³-hybridized carbons (Fsp3) is 0.538. The number of hydrogen-bond acceptors (Lipinski definition) is 3. The van der Waals surface area contributed by atoms with Crippen molar-refractivity contribution in [3.8, 4) is 0 Å². The molecule has 3 nitrogen and oxygen atoms in total. The molecule has 1 aromatic carbocycles. The van der Waals surface area contributed by atoms with Crippen LogP contribution in [0.25, 0.3) is 0 Å². The Kier molecular flexibility index (Phi) is 5.19. The van der Waals surface area contributed by atoms with E-state index in [1.165, 1.54) is 6.92 Å². The second kappa shape index (κ2) is 6.22. The Bertz CT molecular complexity index is 412. The van der Waals surface area contributed by atoms with E-state index in [0.717, 1.165) is 12.1 Å². The first-order valence-electron chi connectivity index (χ1n) is 5.75. The Hall–Kier alpha value is -1.04. The number of rotatable bonds is 6. The molecule has 102 valence electrons. The molecule has 0 aliphatic carbocycles. The predicted molar refractivity (Wildman–Crippen MR) is 65.4 cm³/mol. The molecule has 0 radical (unpaired) electrons. The average Bonchev–Trinajstić information content (AvgIpc) is 2.34. The molecule has 0 saturated carbocycles. The van der Waals surface area contributed by atoms with Crippen molar-refractivity contribution in [3.63, 3.8) is 0 Å². The summed E-state index contributed by atoms with van der Waals surface area (Å²) >= 11 is 0. The topological polar surface area (TPSA) is 41.5 Å². The number of halogens is 2. The van der Waals surface area contributed by atoms with Crippen LogP contribution in [-0.4, -0.2) is 32.0 Å². The Morgan fingerprint density at radius 3 is 2.56 bits per heavy atom. The molecule has 0 amide bonds. The molecular formula is C13H19F2NO2. The maximum atomic E-state index is 13.9. The highest BCUT2D eigenvalue weighted by atomic mass is 19.1. The number of aliphatic hydroxyl groups excluding tert-OH is 1. The van der Waals surface area contributed by atoms with Crippen molar-refractivity contribution in [2.24, 2.45) is 0 Å². The van der Waals surface area contributed by atoms with E-state index in [1.807, 2.05) is 0 Å². The van der Waals surface area contributed by atoms with Gasteiger partial charge in [-0.2, -0.15) is 0 Å². The van der Waals surface area contributed by atoms with Gasteiger partial charge in [0.25, 0.3) is 0 Å². The Balaban J connectivity index is 3.03. The highest BCUT2D eigenvalue weighted by Gasteiger charge is 2.29. The zero-order valence-corrected chi connectivity index (χ0v) is 10.9. The van der Waals surface area contributed by atoms with E-state index in [9.17, 15) is 13.9 Å². The Morgan fingerprint density at radius 2 is 2.00 bits per heavy atom. The molecule has 1 aromatic rings. The average molecular weight is 259 g/mol. The summed E-state index contributed by atoms with van der Waals surface area (Å²) < 4.78 is 32.3. The van der Waals surface area contributed by atoms with Crippen LogP contribution in [0.1, 0.15) is 18.1 Å². The lowest BCUT2D eigenvalue weighted by molar-refractivity contribution is 0.145. The standard InChI is InChI=1S/C13H19F2NO2/c1-9-6-12(15)10(7-11(9)14)13(2,8-17)16-4-5-18-3/h6-7,16-17H,4-5,8H2,1-3H3. The molecule has 0 saturated heterocycles. The molecule has 1 unspecified atom stereocenters. The molecule has 0 fully saturated rings. The summed E-state index contributed by atoms with van der Waals surface area (Å²) in [7, 11) is 1.55. The quantitative estimate of drug-likeness (QED) is 0.764. The third kappa shape index (κ3) is 3.25. The first-order valence-corrected chi connectivity index (χ1v) is 5.75. The van der Waals surface area contributed by atoms with Gasteiger partial charge < -0.3 is 15.2 Å². The normalized spacial score (nSPS) is 14.6. The van der Waals surface area contributed by atoms with E-state index in [0.29, 0.717) is 13.2 Å². The van der Waals surface area contributed by atoms with Crippen LogP contribution in [-0.2, 0) is 10.3 Å². The largest absolute Gasteiger partial charge is 0.394 e. The number of aliphatic hydroxyl groups is 1. The van der Waals surface area contributed by atoms with Gasteiger partial charge in [0.2, 0.25) is 0 Å². The van der Waals surface area contributed by atoms with Gasteiger partial charge in [-0.25, -0.2) is 8.78 Å². The van der Waals surface area contributed by atoms with Crippen molar-refractivity contribution in [2.75, 3.05) is 26.9 Å². The molecule has 0 aromatic heterocycles. The highest BCUT2D eigenvalue weighted by molar-refractivity contribution is 5.30. The Labute approximate surface area is 106 Å². The number of aryl methyl sites for hydroxylation is 1. The third-order valence-electron chi connectivity index (χ3n) is 2.98. The summed E-state index contributed by atoms with van der Waals surface area (Å²) in [6.07, 6.45) is 0. The van der Waals surface area contributed by atoms with Crippen molar-refractivity contribution >= 4 is 0 Å². The number of ether oxygens (including phenoxy) is 1. The predicted octanol–water partition coefficient (Wildman–Crippen LogP) is 1.72. The molecule has 18 heavy (non-hydrogen) atoms. The molecule has 0 heterocycles. The van der Waals surface area contributed by atoms with Crippen LogP contribution >= 0.6 is 0 Å². The van der Waals surface area contributed by atoms with Crippen molar-refractivity contribution in [2.45, 2.75) is 19.4 Å². The molecule has 1 rings (SSSR count). The monoisotopic (exact) mass is 259 g/mol. The summed E-state index contributed by atoms with van der Waals surface area (Å²) in [6, 6.07) is 2.26. The van der Waals surface area contributed by atoms with E-state index in [2.05, 4.69) is 5.32 Å². The van der Waals surface area contributed by atoms with Crippen LogP contribution in [0.2, 0.25) is 0 Å². The van der Waals surface area contributed by atoms with Crippen LogP contribution in [0.3, 0.4) is 0 Å². The van der Waals surface area contributed by atoms with Gasteiger partial charge in [-0.05, 0) is 31.5 Å². The fourth-order valence-electron chi connectivity index (χ4n) is 1.73. The summed E-state index contributed by atoms with van der Waals surface area (Å²) in [5.74, 6) is -1.02. The molecule has 0 aliphatic heterocycles. The van der Waals surface area contributed by atoms with Gasteiger partial charge in [0.05, 0.1) is 18.8 Å². The smallest absolute Gasteiger partial charge is 0.128 e. The molecule has 5 heteroatoms.